The molecule has 2 N–H and O–H groups in total. The van der Waals surface area contributed by atoms with Gasteiger partial charge in [-0.15, -0.1) is 0 Å². The van der Waals surface area contributed by atoms with E-state index in [9.17, 15) is 9.18 Å². The van der Waals surface area contributed by atoms with Crippen molar-refractivity contribution >= 4 is 11.6 Å². The number of halogens is 1. The van der Waals surface area contributed by atoms with Crippen LogP contribution in [0.5, 0.6) is 5.75 Å². The molecule has 0 bridgehead atoms. The highest BCUT2D eigenvalue weighted by atomic mass is 19.1. The zero-order valence-electron chi connectivity index (χ0n) is 11.6. The van der Waals surface area contributed by atoms with Crippen LogP contribution >= 0.6 is 0 Å². The third kappa shape index (κ3) is 5.26. The first-order valence-electron chi connectivity index (χ1n) is 6.52. The summed E-state index contributed by atoms with van der Waals surface area (Å²) in [6.07, 6.45) is 0.952. The third-order valence-electron chi connectivity index (χ3n) is 2.74. The van der Waals surface area contributed by atoms with Gasteiger partial charge >= 0.3 is 0 Å². The number of ether oxygens (including phenoxy) is 1. The molecule has 4 nitrogen and oxygen atoms in total. The van der Waals surface area contributed by atoms with Crippen LogP contribution in [0.1, 0.15) is 27.2 Å². The van der Waals surface area contributed by atoms with Crippen LogP contribution < -0.4 is 15.4 Å². The first kappa shape index (κ1) is 15.4. The van der Waals surface area contributed by atoms with Crippen molar-refractivity contribution < 1.29 is 13.9 Å². The fourth-order valence-corrected chi connectivity index (χ4v) is 1.48. The molecule has 0 aliphatic heterocycles. The molecule has 0 spiro atoms. The van der Waals surface area contributed by atoms with E-state index in [4.69, 9.17) is 4.74 Å². The van der Waals surface area contributed by atoms with Gasteiger partial charge in [0.15, 0.2) is 0 Å². The second-order valence-corrected chi connectivity index (χ2v) is 4.31. The topological polar surface area (TPSA) is 50.4 Å². The van der Waals surface area contributed by atoms with E-state index in [0.29, 0.717) is 18.0 Å². The minimum absolute atomic E-state index is 0.173. The standard InChI is InChI=1S/C14H21FN2O2/c1-4-10(3)16-9-14(18)17-12-7-6-11(15)8-13(12)19-5-2/h6-8,10,16H,4-5,9H2,1-3H3,(H,17,18). The van der Waals surface area contributed by atoms with Crippen molar-refractivity contribution in [3.8, 4) is 5.75 Å². The molecule has 0 fully saturated rings. The molecule has 1 rings (SSSR count). The zero-order chi connectivity index (χ0) is 14.3. The smallest absolute Gasteiger partial charge is 0.238 e. The molecule has 0 saturated heterocycles. The van der Waals surface area contributed by atoms with Crippen LogP contribution in [-0.4, -0.2) is 25.1 Å². The Hall–Kier alpha value is -1.62. The van der Waals surface area contributed by atoms with E-state index in [1.807, 2.05) is 13.8 Å². The van der Waals surface area contributed by atoms with Crippen LogP contribution in [-0.2, 0) is 4.79 Å². The van der Waals surface area contributed by atoms with Gasteiger partial charge in [0.25, 0.3) is 0 Å². The van der Waals surface area contributed by atoms with Gasteiger partial charge in [-0.25, -0.2) is 4.39 Å². The molecule has 0 saturated carbocycles. The molecule has 0 aromatic heterocycles. The van der Waals surface area contributed by atoms with Crippen molar-refractivity contribution in [2.45, 2.75) is 33.2 Å². The lowest BCUT2D eigenvalue weighted by Crippen LogP contribution is -2.34. The molecule has 1 atom stereocenters. The maximum Gasteiger partial charge on any atom is 0.238 e. The van der Waals surface area contributed by atoms with E-state index in [-0.39, 0.29) is 24.3 Å². The number of nitrogens with one attached hydrogen (secondary N) is 2. The van der Waals surface area contributed by atoms with Gasteiger partial charge in [0.2, 0.25) is 5.91 Å². The highest BCUT2D eigenvalue weighted by Gasteiger charge is 2.09. The monoisotopic (exact) mass is 268 g/mol. The van der Waals surface area contributed by atoms with Gasteiger partial charge in [0.05, 0.1) is 18.8 Å². The molecule has 0 aliphatic rings. The predicted octanol–water partition coefficient (Wildman–Crippen LogP) is 2.55. The van der Waals surface area contributed by atoms with Gasteiger partial charge in [0, 0.05) is 12.1 Å². The number of carbonyl (C=O) groups excluding carboxylic acids is 1. The van der Waals surface area contributed by atoms with Crippen LogP contribution in [0.25, 0.3) is 0 Å². The summed E-state index contributed by atoms with van der Waals surface area (Å²) in [6.45, 7) is 6.50. The van der Waals surface area contributed by atoms with Crippen molar-refractivity contribution in [2.75, 3.05) is 18.5 Å². The maximum atomic E-state index is 13.1. The van der Waals surface area contributed by atoms with Gasteiger partial charge in [-0.05, 0) is 32.4 Å². The van der Waals surface area contributed by atoms with Crippen molar-refractivity contribution in [3.63, 3.8) is 0 Å². The molecule has 0 radical (unpaired) electrons. The van der Waals surface area contributed by atoms with Crippen LogP contribution in [0.4, 0.5) is 10.1 Å². The van der Waals surface area contributed by atoms with Gasteiger partial charge in [0.1, 0.15) is 11.6 Å². The summed E-state index contributed by atoms with van der Waals surface area (Å²) in [5.74, 6) is -0.216. The SMILES string of the molecule is CCOc1cc(F)ccc1NC(=O)CNC(C)CC. The van der Waals surface area contributed by atoms with Gasteiger partial charge < -0.3 is 15.4 Å². The number of anilines is 1. The van der Waals surface area contributed by atoms with Crippen molar-refractivity contribution in [3.05, 3.63) is 24.0 Å². The van der Waals surface area contributed by atoms with Crippen LogP contribution in [0.3, 0.4) is 0 Å². The average molecular weight is 268 g/mol. The Bertz CT molecular complexity index is 424. The Balaban J connectivity index is 2.62. The quantitative estimate of drug-likeness (QED) is 0.799. The van der Waals surface area contributed by atoms with Crippen LogP contribution in [0.15, 0.2) is 18.2 Å². The summed E-state index contributed by atoms with van der Waals surface area (Å²) in [7, 11) is 0. The molecule has 5 heteroatoms. The van der Waals surface area contributed by atoms with Crippen LogP contribution in [0, 0.1) is 5.82 Å². The molecule has 0 aliphatic carbocycles. The molecule has 1 aromatic carbocycles. The first-order valence-corrected chi connectivity index (χ1v) is 6.52. The number of benzene rings is 1. The fraction of sp³-hybridized carbons (Fsp3) is 0.500. The molecule has 106 valence electrons. The summed E-state index contributed by atoms with van der Waals surface area (Å²) in [5, 5.41) is 5.80. The minimum Gasteiger partial charge on any atom is -0.492 e. The number of hydrogen-bond donors (Lipinski definition) is 2. The normalized spacial score (nSPS) is 12.0. The Morgan fingerprint density at radius 1 is 1.42 bits per heavy atom. The van der Waals surface area contributed by atoms with E-state index in [1.54, 1.807) is 6.92 Å². The summed E-state index contributed by atoms with van der Waals surface area (Å²) < 4.78 is 18.4. The highest BCUT2D eigenvalue weighted by Crippen LogP contribution is 2.25. The molecule has 0 heterocycles. The lowest BCUT2D eigenvalue weighted by Gasteiger charge is -2.13. The Kier molecular flexibility index (Phi) is 6.29. The van der Waals surface area contributed by atoms with E-state index in [2.05, 4.69) is 10.6 Å². The maximum absolute atomic E-state index is 13.1. The second-order valence-electron chi connectivity index (χ2n) is 4.31. The lowest BCUT2D eigenvalue weighted by molar-refractivity contribution is -0.115. The molecule has 1 aromatic rings. The van der Waals surface area contributed by atoms with E-state index >= 15 is 0 Å². The second kappa shape index (κ2) is 7.74. The summed E-state index contributed by atoms with van der Waals surface area (Å²) in [5.41, 5.74) is 0.485. The lowest BCUT2D eigenvalue weighted by atomic mass is 10.2. The Labute approximate surface area is 113 Å². The van der Waals surface area contributed by atoms with Crippen molar-refractivity contribution in [2.24, 2.45) is 0 Å². The molecular weight excluding hydrogens is 247 g/mol. The van der Waals surface area contributed by atoms with Crippen molar-refractivity contribution in [1.82, 2.24) is 5.32 Å². The molecule has 19 heavy (non-hydrogen) atoms. The molecule has 1 amide bonds. The number of amides is 1. The van der Waals surface area contributed by atoms with Crippen LogP contribution in [0.2, 0.25) is 0 Å². The first-order chi connectivity index (χ1) is 9.06. The molecular formula is C14H21FN2O2. The summed E-state index contributed by atoms with van der Waals surface area (Å²) in [4.78, 5) is 11.8. The largest absolute Gasteiger partial charge is 0.492 e. The number of hydrogen-bond acceptors (Lipinski definition) is 3. The molecule has 1 unspecified atom stereocenters. The van der Waals surface area contributed by atoms with Crippen molar-refractivity contribution in [1.29, 1.82) is 0 Å². The van der Waals surface area contributed by atoms with Gasteiger partial charge in [-0.2, -0.15) is 0 Å². The number of rotatable bonds is 7. The Morgan fingerprint density at radius 3 is 2.79 bits per heavy atom. The van der Waals surface area contributed by atoms with Gasteiger partial charge in [-0.3, -0.25) is 4.79 Å². The minimum atomic E-state index is -0.390. The average Bonchev–Trinajstić information content (AvgIpc) is 2.39. The highest BCUT2D eigenvalue weighted by molar-refractivity contribution is 5.93. The fourth-order valence-electron chi connectivity index (χ4n) is 1.48. The van der Waals surface area contributed by atoms with Gasteiger partial charge in [-0.1, -0.05) is 6.92 Å². The third-order valence-corrected chi connectivity index (χ3v) is 2.74. The summed E-state index contributed by atoms with van der Waals surface area (Å²) >= 11 is 0. The predicted molar refractivity (Wildman–Crippen MR) is 74.0 cm³/mol. The zero-order valence-corrected chi connectivity index (χ0v) is 11.6. The van der Waals surface area contributed by atoms with E-state index < -0.39 is 0 Å². The van der Waals surface area contributed by atoms with E-state index in [1.165, 1.54) is 18.2 Å². The number of carbonyl (C=O) groups is 1. The Morgan fingerprint density at radius 2 is 2.16 bits per heavy atom. The van der Waals surface area contributed by atoms with E-state index in [0.717, 1.165) is 6.42 Å². The summed E-state index contributed by atoms with van der Waals surface area (Å²) in [6, 6.07) is 4.34.